The van der Waals surface area contributed by atoms with Crippen LogP contribution in [-0.4, -0.2) is 59.8 Å². The van der Waals surface area contributed by atoms with Crippen LogP contribution in [0.1, 0.15) is 11.8 Å². The maximum absolute atomic E-state index is 13.0. The van der Waals surface area contributed by atoms with Crippen molar-refractivity contribution in [1.29, 1.82) is 0 Å². The van der Waals surface area contributed by atoms with E-state index in [4.69, 9.17) is 10.5 Å². The van der Waals surface area contributed by atoms with E-state index in [9.17, 15) is 19.7 Å². The highest BCUT2D eigenvalue weighted by atomic mass is 19.1. The minimum atomic E-state index is -1.28. The maximum Gasteiger partial charge on any atom is 0.224 e. The zero-order valence-electron chi connectivity index (χ0n) is 14.6. The summed E-state index contributed by atoms with van der Waals surface area (Å²) in [5, 5.41) is 32.6. The van der Waals surface area contributed by atoms with Crippen LogP contribution in [0.5, 0.6) is 0 Å². The van der Waals surface area contributed by atoms with Gasteiger partial charge < -0.3 is 31.1 Å². The molecule has 0 radical (unpaired) electrons. The number of nitrogens with zero attached hydrogens (tertiary/aromatic N) is 4. The minimum absolute atomic E-state index is 0.0254. The summed E-state index contributed by atoms with van der Waals surface area (Å²) in [4.78, 5) is 12.6. The molecule has 0 unspecified atom stereocenters. The number of imidazole rings is 1. The van der Waals surface area contributed by atoms with Crippen molar-refractivity contribution in [1.82, 2.24) is 19.5 Å². The lowest BCUT2D eigenvalue weighted by Crippen LogP contribution is -2.33. The van der Waals surface area contributed by atoms with Crippen molar-refractivity contribution < 1.29 is 24.4 Å². The molecule has 4 rings (SSSR count). The Labute approximate surface area is 158 Å². The minimum Gasteiger partial charge on any atom is -0.394 e. The average molecular weight is 390 g/mol. The van der Waals surface area contributed by atoms with Gasteiger partial charge in [0.1, 0.15) is 24.1 Å². The Bertz CT molecular complexity index is 982. The smallest absolute Gasteiger partial charge is 0.224 e. The van der Waals surface area contributed by atoms with Crippen molar-refractivity contribution in [3.8, 4) is 0 Å². The second-order valence-corrected chi connectivity index (χ2v) is 6.46. The van der Waals surface area contributed by atoms with Crippen molar-refractivity contribution in [3.63, 3.8) is 0 Å². The molecular weight excluding hydrogens is 371 g/mol. The van der Waals surface area contributed by atoms with Crippen LogP contribution in [0.25, 0.3) is 11.2 Å². The topological polar surface area (TPSA) is 152 Å². The Balaban J connectivity index is 1.64. The lowest BCUT2D eigenvalue weighted by Gasteiger charge is -2.16. The van der Waals surface area contributed by atoms with Crippen LogP contribution >= 0.6 is 0 Å². The highest BCUT2D eigenvalue weighted by Gasteiger charge is 2.44. The number of aromatic nitrogens is 4. The van der Waals surface area contributed by atoms with Crippen molar-refractivity contribution >= 4 is 22.9 Å². The van der Waals surface area contributed by atoms with Gasteiger partial charge in [-0.2, -0.15) is 9.97 Å². The van der Waals surface area contributed by atoms with Crippen LogP contribution in [0.2, 0.25) is 0 Å². The number of nitrogens with two attached hydrogens (primary N) is 1. The lowest BCUT2D eigenvalue weighted by atomic mass is 10.1. The van der Waals surface area contributed by atoms with Gasteiger partial charge in [-0.05, 0) is 17.7 Å². The maximum atomic E-state index is 13.0. The van der Waals surface area contributed by atoms with Gasteiger partial charge in [-0.25, -0.2) is 9.37 Å². The first-order chi connectivity index (χ1) is 13.5. The largest absolute Gasteiger partial charge is 0.394 e. The molecule has 1 fully saturated rings. The molecule has 28 heavy (non-hydrogen) atoms. The van der Waals surface area contributed by atoms with Crippen molar-refractivity contribution in [2.75, 3.05) is 17.7 Å². The van der Waals surface area contributed by atoms with E-state index in [2.05, 4.69) is 20.3 Å². The summed E-state index contributed by atoms with van der Waals surface area (Å²) in [5.74, 6) is 0.00887. The van der Waals surface area contributed by atoms with Gasteiger partial charge in [0.15, 0.2) is 23.2 Å². The number of ether oxygens (including phenoxy) is 1. The van der Waals surface area contributed by atoms with E-state index in [1.54, 1.807) is 12.1 Å². The molecule has 0 aliphatic carbocycles. The molecule has 10 nitrogen and oxygen atoms in total. The molecule has 4 atom stereocenters. The normalized spacial score (nSPS) is 24.7. The van der Waals surface area contributed by atoms with Crippen LogP contribution in [-0.2, 0) is 11.3 Å². The first kappa shape index (κ1) is 18.5. The number of hydrogen-bond acceptors (Lipinski definition) is 9. The molecule has 6 N–H and O–H groups in total. The highest BCUT2D eigenvalue weighted by molar-refractivity contribution is 5.84. The predicted octanol–water partition coefficient (Wildman–Crippen LogP) is -0.229. The zero-order valence-corrected chi connectivity index (χ0v) is 14.6. The number of halogens is 1. The lowest BCUT2D eigenvalue weighted by molar-refractivity contribution is -0.0511. The quantitative estimate of drug-likeness (QED) is 0.398. The molecule has 1 aliphatic rings. The second-order valence-electron chi connectivity index (χ2n) is 6.46. The number of nitrogen functional groups attached to an aromatic ring is 1. The summed E-state index contributed by atoms with van der Waals surface area (Å²) in [6, 6.07) is 6.00. The number of hydrogen-bond donors (Lipinski definition) is 5. The molecule has 0 amide bonds. The van der Waals surface area contributed by atoms with Gasteiger partial charge in [0.05, 0.1) is 12.9 Å². The number of fused-ring (bicyclic) bond motifs is 1. The van der Waals surface area contributed by atoms with E-state index in [1.165, 1.54) is 23.0 Å². The van der Waals surface area contributed by atoms with Gasteiger partial charge in [0, 0.05) is 6.54 Å². The molecule has 148 valence electrons. The third-order valence-corrected chi connectivity index (χ3v) is 4.60. The summed E-state index contributed by atoms with van der Waals surface area (Å²) >= 11 is 0. The van der Waals surface area contributed by atoms with E-state index >= 15 is 0 Å². The van der Waals surface area contributed by atoms with Gasteiger partial charge in [-0.15, -0.1) is 0 Å². The zero-order chi connectivity index (χ0) is 19.8. The molecule has 3 aromatic rings. The summed E-state index contributed by atoms with van der Waals surface area (Å²) in [6.45, 7) is -0.0878. The first-order valence-corrected chi connectivity index (χ1v) is 8.58. The molecule has 11 heteroatoms. The fraction of sp³-hybridized carbons (Fsp3) is 0.353. The predicted molar refractivity (Wildman–Crippen MR) is 96.5 cm³/mol. The van der Waals surface area contributed by atoms with Crippen LogP contribution < -0.4 is 11.1 Å². The Morgan fingerprint density at radius 1 is 1.18 bits per heavy atom. The van der Waals surface area contributed by atoms with Crippen LogP contribution in [0.15, 0.2) is 30.6 Å². The van der Waals surface area contributed by atoms with Gasteiger partial charge in [0.2, 0.25) is 5.95 Å². The molecule has 1 aromatic carbocycles. The third-order valence-electron chi connectivity index (χ3n) is 4.60. The van der Waals surface area contributed by atoms with Gasteiger partial charge in [-0.1, -0.05) is 12.1 Å². The van der Waals surface area contributed by atoms with E-state index < -0.39 is 31.1 Å². The number of benzene rings is 1. The first-order valence-electron chi connectivity index (χ1n) is 8.58. The van der Waals surface area contributed by atoms with Crippen molar-refractivity contribution in [2.24, 2.45) is 0 Å². The Morgan fingerprint density at radius 3 is 2.61 bits per heavy atom. The number of aliphatic hydroxyl groups is 3. The Kier molecular flexibility index (Phi) is 4.81. The highest BCUT2D eigenvalue weighted by Crippen LogP contribution is 2.32. The van der Waals surface area contributed by atoms with E-state index in [-0.39, 0.29) is 11.8 Å². The molecule has 0 saturated carbocycles. The Hall–Kier alpha value is -2.86. The van der Waals surface area contributed by atoms with Gasteiger partial charge in [0.25, 0.3) is 0 Å². The van der Waals surface area contributed by atoms with Crippen molar-refractivity contribution in [3.05, 3.63) is 42.0 Å². The van der Waals surface area contributed by atoms with Crippen LogP contribution in [0.3, 0.4) is 0 Å². The molecule has 0 bridgehead atoms. The Morgan fingerprint density at radius 2 is 1.93 bits per heavy atom. The van der Waals surface area contributed by atoms with E-state index in [1.807, 2.05) is 0 Å². The van der Waals surface area contributed by atoms with Gasteiger partial charge in [-0.3, -0.25) is 4.57 Å². The summed E-state index contributed by atoms with van der Waals surface area (Å²) in [6.07, 6.45) is -3.05. The van der Waals surface area contributed by atoms with Gasteiger partial charge >= 0.3 is 0 Å². The molecule has 2 aromatic heterocycles. The summed E-state index contributed by atoms with van der Waals surface area (Å²) < 4.78 is 20.0. The fourth-order valence-corrected chi connectivity index (χ4v) is 3.14. The van der Waals surface area contributed by atoms with E-state index in [0.29, 0.717) is 23.5 Å². The average Bonchev–Trinajstić information content (AvgIpc) is 3.22. The van der Waals surface area contributed by atoms with Crippen molar-refractivity contribution in [2.45, 2.75) is 31.1 Å². The number of rotatable bonds is 5. The molecule has 3 heterocycles. The molecule has 1 aliphatic heterocycles. The monoisotopic (exact) mass is 390 g/mol. The summed E-state index contributed by atoms with van der Waals surface area (Å²) in [5.41, 5.74) is 7.32. The van der Waals surface area contributed by atoms with Crippen LogP contribution in [0, 0.1) is 5.82 Å². The summed E-state index contributed by atoms with van der Waals surface area (Å²) in [7, 11) is 0. The second kappa shape index (κ2) is 7.28. The third kappa shape index (κ3) is 3.24. The number of anilines is 2. The van der Waals surface area contributed by atoms with Crippen LogP contribution in [0.4, 0.5) is 16.2 Å². The SMILES string of the molecule is Nc1nc(NCc2ccc(F)cc2)c2ncn([C@@H]3O[C@H](CO)[C@@H](O)[C@H]3O)c2n1. The fourth-order valence-electron chi connectivity index (χ4n) is 3.14. The van der Waals surface area contributed by atoms with E-state index in [0.717, 1.165) is 5.56 Å². The molecular formula is C17H19FN6O4. The molecule has 0 spiro atoms. The number of nitrogens with one attached hydrogen (secondary N) is 1. The molecule has 1 saturated heterocycles. The standard InChI is InChI=1S/C17H19FN6O4/c18-9-3-1-8(2-4-9)5-20-14-11-15(23-17(19)22-14)24(7-21-11)16-13(27)12(26)10(6-25)28-16/h1-4,7,10,12-13,16,25-27H,5-6H2,(H3,19,20,22,23)/t10-,12-,13-,16-/m1/s1. The number of aliphatic hydroxyl groups excluding tert-OH is 3.